The first-order valence-corrected chi connectivity index (χ1v) is 8.62. The van der Waals surface area contributed by atoms with Gasteiger partial charge in [-0.3, -0.25) is 4.90 Å². The second-order valence-electron chi connectivity index (χ2n) is 7.06. The topological polar surface area (TPSA) is 23.5 Å². The fourth-order valence-corrected chi connectivity index (χ4v) is 3.43. The fourth-order valence-electron chi connectivity index (χ4n) is 3.43. The molecule has 0 bridgehead atoms. The Labute approximate surface area is 148 Å². The zero-order valence-corrected chi connectivity index (χ0v) is 14.4. The lowest BCUT2D eigenvalue weighted by Crippen LogP contribution is -2.46. The zero-order valence-electron chi connectivity index (χ0n) is 14.4. The van der Waals surface area contributed by atoms with Crippen molar-refractivity contribution < 1.29 is 31.4 Å². The SMILES string of the molecule is CC1CCC(N(Cc2ccccc2C(F)(F)F)CC(O)C(F)(F)F)CC1. The van der Waals surface area contributed by atoms with Crippen molar-refractivity contribution in [3.05, 3.63) is 35.4 Å². The smallest absolute Gasteiger partial charge is 0.382 e. The average Bonchev–Trinajstić information content (AvgIpc) is 2.53. The van der Waals surface area contributed by atoms with Crippen molar-refractivity contribution in [1.29, 1.82) is 0 Å². The summed E-state index contributed by atoms with van der Waals surface area (Å²) in [5.74, 6) is 0.447. The Hall–Kier alpha value is -1.28. The van der Waals surface area contributed by atoms with Gasteiger partial charge in [-0.1, -0.05) is 25.1 Å². The van der Waals surface area contributed by atoms with E-state index in [0.29, 0.717) is 18.8 Å². The van der Waals surface area contributed by atoms with Crippen molar-refractivity contribution in [2.24, 2.45) is 5.92 Å². The van der Waals surface area contributed by atoms with Gasteiger partial charge in [-0.25, -0.2) is 0 Å². The highest BCUT2D eigenvalue weighted by atomic mass is 19.4. The normalized spacial score (nSPS) is 23.3. The van der Waals surface area contributed by atoms with Crippen LogP contribution in [0.2, 0.25) is 0 Å². The minimum atomic E-state index is -4.80. The Morgan fingerprint density at radius 1 is 1.04 bits per heavy atom. The maximum absolute atomic E-state index is 13.2. The molecule has 2 nitrogen and oxygen atoms in total. The van der Waals surface area contributed by atoms with Crippen LogP contribution < -0.4 is 0 Å². The molecule has 26 heavy (non-hydrogen) atoms. The first-order chi connectivity index (χ1) is 12.0. The van der Waals surface area contributed by atoms with Crippen LogP contribution in [-0.2, 0) is 12.7 Å². The van der Waals surface area contributed by atoms with Crippen molar-refractivity contribution in [3.63, 3.8) is 0 Å². The van der Waals surface area contributed by atoms with E-state index in [9.17, 15) is 31.4 Å². The maximum Gasteiger partial charge on any atom is 0.416 e. The van der Waals surface area contributed by atoms with Gasteiger partial charge in [0.1, 0.15) is 0 Å². The number of hydrogen-bond acceptors (Lipinski definition) is 2. The van der Waals surface area contributed by atoms with E-state index in [1.54, 1.807) is 0 Å². The third-order valence-electron chi connectivity index (χ3n) is 4.98. The number of hydrogen-bond donors (Lipinski definition) is 1. The number of aliphatic hydroxyl groups excluding tert-OH is 1. The molecule has 0 radical (unpaired) electrons. The molecule has 1 fully saturated rings. The molecular weight excluding hydrogens is 360 g/mol. The molecule has 1 aliphatic carbocycles. The zero-order chi connectivity index (χ0) is 19.5. The number of rotatable bonds is 5. The highest BCUT2D eigenvalue weighted by molar-refractivity contribution is 5.29. The lowest BCUT2D eigenvalue weighted by molar-refractivity contribution is -0.210. The van der Waals surface area contributed by atoms with Crippen LogP contribution in [0.1, 0.15) is 43.7 Å². The molecule has 2 rings (SSSR count). The minimum Gasteiger partial charge on any atom is -0.382 e. The number of nitrogens with zero attached hydrogens (tertiary/aromatic N) is 1. The van der Waals surface area contributed by atoms with Gasteiger partial charge in [-0.15, -0.1) is 0 Å². The first kappa shape index (κ1) is 21.0. The third-order valence-corrected chi connectivity index (χ3v) is 4.98. The van der Waals surface area contributed by atoms with Crippen molar-refractivity contribution in [1.82, 2.24) is 4.90 Å². The van der Waals surface area contributed by atoms with Gasteiger partial charge in [0.25, 0.3) is 0 Å². The predicted molar refractivity (Wildman–Crippen MR) is 85.3 cm³/mol. The van der Waals surface area contributed by atoms with Crippen LogP contribution in [0.4, 0.5) is 26.3 Å². The summed E-state index contributed by atoms with van der Waals surface area (Å²) >= 11 is 0. The summed E-state index contributed by atoms with van der Waals surface area (Å²) in [5, 5.41) is 9.46. The molecule has 0 saturated heterocycles. The Kier molecular flexibility index (Phi) is 6.60. The minimum absolute atomic E-state index is 0.0759. The molecule has 1 aromatic carbocycles. The highest BCUT2D eigenvalue weighted by Crippen LogP contribution is 2.34. The van der Waals surface area contributed by atoms with Crippen LogP contribution in [0.15, 0.2) is 24.3 Å². The van der Waals surface area contributed by atoms with E-state index in [4.69, 9.17) is 0 Å². The Morgan fingerprint density at radius 3 is 2.15 bits per heavy atom. The van der Waals surface area contributed by atoms with Crippen LogP contribution in [0.3, 0.4) is 0 Å². The summed E-state index contributed by atoms with van der Waals surface area (Å²) in [6.45, 7) is 1.04. The monoisotopic (exact) mass is 383 g/mol. The summed E-state index contributed by atoms with van der Waals surface area (Å²) in [6.07, 6.45) is -9.12. The van der Waals surface area contributed by atoms with Crippen LogP contribution in [0, 0.1) is 5.92 Å². The summed E-state index contributed by atoms with van der Waals surface area (Å²) in [4.78, 5) is 1.36. The van der Waals surface area contributed by atoms with Gasteiger partial charge in [0.05, 0.1) is 5.56 Å². The molecular formula is C18H23F6NO. The van der Waals surface area contributed by atoms with Crippen LogP contribution in [0.5, 0.6) is 0 Å². The molecule has 0 spiro atoms. The molecule has 8 heteroatoms. The van der Waals surface area contributed by atoms with Gasteiger partial charge in [-0.05, 0) is 43.2 Å². The molecule has 1 aliphatic rings. The van der Waals surface area contributed by atoms with E-state index in [1.165, 1.54) is 23.1 Å². The largest absolute Gasteiger partial charge is 0.416 e. The maximum atomic E-state index is 13.2. The van der Waals surface area contributed by atoms with Crippen molar-refractivity contribution in [2.45, 2.75) is 63.7 Å². The van der Waals surface area contributed by atoms with E-state index in [-0.39, 0.29) is 18.2 Å². The molecule has 1 atom stereocenters. The van der Waals surface area contributed by atoms with Gasteiger partial charge >= 0.3 is 12.4 Å². The molecule has 148 valence electrons. The van der Waals surface area contributed by atoms with Gasteiger partial charge < -0.3 is 5.11 Å². The summed E-state index contributed by atoms with van der Waals surface area (Å²) in [7, 11) is 0. The van der Waals surface area contributed by atoms with E-state index in [0.717, 1.165) is 18.9 Å². The summed E-state index contributed by atoms with van der Waals surface area (Å²) in [5.41, 5.74) is -0.927. The van der Waals surface area contributed by atoms with Gasteiger partial charge in [0, 0.05) is 19.1 Å². The molecule has 0 aliphatic heterocycles. The van der Waals surface area contributed by atoms with E-state index in [2.05, 4.69) is 0 Å². The second-order valence-corrected chi connectivity index (χ2v) is 7.06. The van der Waals surface area contributed by atoms with E-state index in [1.807, 2.05) is 6.92 Å². The molecule has 0 aromatic heterocycles. The van der Waals surface area contributed by atoms with Crippen LogP contribution in [-0.4, -0.2) is 34.9 Å². The van der Waals surface area contributed by atoms with Crippen molar-refractivity contribution in [3.8, 4) is 0 Å². The first-order valence-electron chi connectivity index (χ1n) is 8.62. The molecule has 1 saturated carbocycles. The lowest BCUT2D eigenvalue weighted by Gasteiger charge is -2.38. The Morgan fingerprint density at radius 2 is 1.62 bits per heavy atom. The Balaban J connectivity index is 2.24. The molecule has 1 aromatic rings. The third kappa shape index (κ3) is 5.61. The highest BCUT2D eigenvalue weighted by Gasteiger charge is 2.41. The summed E-state index contributed by atoms with van der Waals surface area (Å²) < 4.78 is 78.0. The lowest BCUT2D eigenvalue weighted by atomic mass is 9.86. The Bertz CT molecular complexity index is 578. The average molecular weight is 383 g/mol. The van der Waals surface area contributed by atoms with Crippen molar-refractivity contribution in [2.75, 3.05) is 6.54 Å². The molecule has 0 amide bonds. The fraction of sp³-hybridized carbons (Fsp3) is 0.667. The van der Waals surface area contributed by atoms with Crippen LogP contribution in [0.25, 0.3) is 0 Å². The van der Waals surface area contributed by atoms with E-state index >= 15 is 0 Å². The molecule has 1 N–H and O–H groups in total. The van der Waals surface area contributed by atoms with E-state index < -0.39 is 30.6 Å². The van der Waals surface area contributed by atoms with Crippen LogP contribution >= 0.6 is 0 Å². The summed E-state index contributed by atoms with van der Waals surface area (Å²) in [6, 6.07) is 4.62. The quantitative estimate of drug-likeness (QED) is 0.723. The molecule has 1 unspecified atom stereocenters. The van der Waals surface area contributed by atoms with Crippen molar-refractivity contribution >= 4 is 0 Å². The van der Waals surface area contributed by atoms with Gasteiger partial charge in [0.2, 0.25) is 0 Å². The number of benzene rings is 1. The second kappa shape index (κ2) is 8.17. The predicted octanol–water partition coefficient (Wildman–Crippen LogP) is 5.01. The van der Waals surface area contributed by atoms with Gasteiger partial charge in [-0.2, -0.15) is 26.3 Å². The molecule has 0 heterocycles. The number of alkyl halides is 6. The number of halogens is 6. The van der Waals surface area contributed by atoms with Gasteiger partial charge in [0.15, 0.2) is 6.10 Å². The standard InChI is InChI=1S/C18H23F6NO/c1-12-6-8-14(9-7-12)25(11-16(26)18(22,23)24)10-13-4-2-3-5-15(13)17(19,20)21/h2-5,12,14,16,26H,6-11H2,1H3. The number of aliphatic hydroxyl groups is 1.